The van der Waals surface area contributed by atoms with E-state index in [-0.39, 0.29) is 5.41 Å². The van der Waals surface area contributed by atoms with E-state index >= 15 is 0 Å². The molecule has 0 atom stereocenters. The van der Waals surface area contributed by atoms with Gasteiger partial charge in [-0.2, -0.15) is 17.0 Å². The number of hydrogen-bond acceptors (Lipinski definition) is 2. The molecule has 2 heteroatoms. The molecule has 10 heavy (non-hydrogen) atoms. The molecule has 0 aromatic carbocycles. The minimum absolute atomic E-state index is 0.0451. The Morgan fingerprint density at radius 3 is 2.70 bits per heavy atom. The van der Waals surface area contributed by atoms with E-state index in [1.165, 1.54) is 5.57 Å². The lowest BCUT2D eigenvalue weighted by molar-refractivity contribution is 0.348. The summed E-state index contributed by atoms with van der Waals surface area (Å²) in [6.07, 6.45) is 3.88. The van der Waals surface area contributed by atoms with E-state index in [4.69, 9.17) is 5.26 Å². The summed E-state index contributed by atoms with van der Waals surface area (Å²) in [5.74, 6) is 0.961. The Hall–Kier alpha value is -0.420. The molecule has 0 amide bonds. The van der Waals surface area contributed by atoms with E-state index in [0.717, 1.165) is 18.6 Å². The van der Waals surface area contributed by atoms with Gasteiger partial charge in [0.05, 0.1) is 11.5 Å². The lowest BCUT2D eigenvalue weighted by Gasteiger charge is -2.36. The summed E-state index contributed by atoms with van der Waals surface area (Å²) in [7, 11) is 0. The smallest absolute Gasteiger partial charge is 0.0737 e. The molecule has 1 aliphatic rings. The molecule has 1 rings (SSSR count). The van der Waals surface area contributed by atoms with Crippen LogP contribution < -0.4 is 0 Å². The Balaban J connectivity index is 2.50. The Morgan fingerprint density at radius 1 is 1.80 bits per heavy atom. The van der Waals surface area contributed by atoms with Gasteiger partial charge in [0.25, 0.3) is 0 Å². The molecular weight excluding hydrogens is 142 g/mol. The SMILES string of the molecule is C=C1CC(C#N)(CSC)C1. The Bertz CT molecular complexity index is 182. The summed E-state index contributed by atoms with van der Waals surface area (Å²) < 4.78 is 0. The first-order valence-corrected chi connectivity index (χ1v) is 4.69. The second kappa shape index (κ2) is 2.67. The van der Waals surface area contributed by atoms with Crippen molar-refractivity contribution in [3.63, 3.8) is 0 Å². The zero-order valence-electron chi connectivity index (χ0n) is 6.18. The van der Waals surface area contributed by atoms with E-state index in [2.05, 4.69) is 12.6 Å². The third-order valence-corrected chi connectivity index (χ3v) is 2.68. The van der Waals surface area contributed by atoms with Crippen LogP contribution in [0.15, 0.2) is 12.2 Å². The van der Waals surface area contributed by atoms with Crippen LogP contribution in [0.4, 0.5) is 0 Å². The van der Waals surface area contributed by atoms with E-state index in [9.17, 15) is 0 Å². The third-order valence-electron chi connectivity index (χ3n) is 1.83. The number of nitrogens with zero attached hydrogens (tertiary/aromatic N) is 1. The maximum atomic E-state index is 8.78. The van der Waals surface area contributed by atoms with Gasteiger partial charge in [-0.15, -0.1) is 0 Å². The molecule has 0 aliphatic heterocycles. The largest absolute Gasteiger partial charge is 0.198 e. The number of thioether (sulfide) groups is 1. The molecule has 1 aliphatic carbocycles. The van der Waals surface area contributed by atoms with Crippen LogP contribution in [0.25, 0.3) is 0 Å². The normalized spacial score (nSPS) is 21.4. The molecule has 0 N–H and O–H groups in total. The first kappa shape index (κ1) is 7.68. The Morgan fingerprint density at radius 2 is 2.40 bits per heavy atom. The first-order valence-electron chi connectivity index (χ1n) is 3.29. The van der Waals surface area contributed by atoms with Crippen molar-refractivity contribution in [2.75, 3.05) is 12.0 Å². The lowest BCUT2D eigenvalue weighted by Crippen LogP contribution is -2.31. The quantitative estimate of drug-likeness (QED) is 0.568. The topological polar surface area (TPSA) is 23.8 Å². The van der Waals surface area contributed by atoms with Crippen LogP contribution in [-0.4, -0.2) is 12.0 Å². The van der Waals surface area contributed by atoms with Crippen molar-refractivity contribution in [2.45, 2.75) is 12.8 Å². The van der Waals surface area contributed by atoms with Crippen molar-refractivity contribution >= 4 is 11.8 Å². The summed E-state index contributed by atoms with van der Waals surface area (Å²) in [5.41, 5.74) is 1.19. The highest BCUT2D eigenvalue weighted by molar-refractivity contribution is 7.98. The summed E-state index contributed by atoms with van der Waals surface area (Å²) in [6, 6.07) is 2.36. The van der Waals surface area contributed by atoms with Gasteiger partial charge in [-0.1, -0.05) is 12.2 Å². The van der Waals surface area contributed by atoms with E-state index in [1.807, 2.05) is 6.26 Å². The molecule has 0 saturated heterocycles. The molecule has 1 fully saturated rings. The van der Waals surface area contributed by atoms with Crippen LogP contribution in [0.2, 0.25) is 0 Å². The van der Waals surface area contributed by atoms with Gasteiger partial charge < -0.3 is 0 Å². The van der Waals surface area contributed by atoms with Gasteiger partial charge in [-0.25, -0.2) is 0 Å². The number of hydrogen-bond donors (Lipinski definition) is 0. The van der Waals surface area contributed by atoms with Crippen LogP contribution in [0.1, 0.15) is 12.8 Å². The standard InChI is InChI=1S/C8H11NS/c1-7-3-8(4-7,5-9)6-10-2/h1,3-4,6H2,2H3. The molecule has 0 heterocycles. The highest BCUT2D eigenvalue weighted by atomic mass is 32.2. The zero-order chi connectivity index (χ0) is 7.61. The van der Waals surface area contributed by atoms with Crippen LogP contribution in [0.3, 0.4) is 0 Å². The van der Waals surface area contributed by atoms with Gasteiger partial charge in [0.15, 0.2) is 0 Å². The fourth-order valence-corrected chi connectivity index (χ4v) is 2.22. The van der Waals surface area contributed by atoms with Crippen molar-refractivity contribution in [2.24, 2.45) is 5.41 Å². The van der Waals surface area contributed by atoms with Gasteiger partial charge >= 0.3 is 0 Å². The first-order chi connectivity index (χ1) is 4.72. The average Bonchev–Trinajstić information content (AvgIpc) is 1.84. The van der Waals surface area contributed by atoms with E-state index in [1.54, 1.807) is 11.8 Å². The second-order valence-electron chi connectivity index (χ2n) is 2.93. The fourth-order valence-electron chi connectivity index (χ4n) is 1.40. The second-order valence-corrected chi connectivity index (χ2v) is 3.79. The molecule has 0 spiro atoms. The van der Waals surface area contributed by atoms with Crippen molar-refractivity contribution in [3.8, 4) is 6.07 Å². The highest BCUT2D eigenvalue weighted by Crippen LogP contribution is 2.45. The van der Waals surface area contributed by atoms with Gasteiger partial charge in [0.2, 0.25) is 0 Å². The van der Waals surface area contributed by atoms with Gasteiger partial charge in [0.1, 0.15) is 0 Å². The minimum atomic E-state index is -0.0451. The van der Waals surface area contributed by atoms with Crippen molar-refractivity contribution in [1.29, 1.82) is 5.26 Å². The van der Waals surface area contributed by atoms with Gasteiger partial charge in [-0.05, 0) is 19.1 Å². The lowest BCUT2D eigenvalue weighted by atomic mass is 9.68. The molecule has 0 aromatic heterocycles. The van der Waals surface area contributed by atoms with Crippen LogP contribution in [0, 0.1) is 16.7 Å². The maximum Gasteiger partial charge on any atom is 0.0737 e. The van der Waals surface area contributed by atoms with Crippen LogP contribution >= 0.6 is 11.8 Å². The Kier molecular flexibility index (Phi) is 2.05. The molecule has 1 saturated carbocycles. The van der Waals surface area contributed by atoms with Crippen molar-refractivity contribution < 1.29 is 0 Å². The molecule has 0 radical (unpaired) electrons. The minimum Gasteiger partial charge on any atom is -0.198 e. The molecule has 0 bridgehead atoms. The Labute approximate surface area is 66.1 Å². The van der Waals surface area contributed by atoms with Gasteiger partial charge in [0, 0.05) is 5.75 Å². The number of nitriles is 1. The monoisotopic (exact) mass is 153 g/mol. The average molecular weight is 153 g/mol. The summed E-state index contributed by atoms with van der Waals surface area (Å²) in [5, 5.41) is 8.78. The van der Waals surface area contributed by atoms with Crippen LogP contribution in [-0.2, 0) is 0 Å². The molecule has 0 aromatic rings. The molecular formula is C8H11NS. The van der Waals surface area contributed by atoms with E-state index in [0.29, 0.717) is 0 Å². The number of allylic oxidation sites excluding steroid dienone is 1. The maximum absolute atomic E-state index is 8.78. The summed E-state index contributed by atoms with van der Waals surface area (Å²) in [6.45, 7) is 3.83. The highest BCUT2D eigenvalue weighted by Gasteiger charge is 2.39. The van der Waals surface area contributed by atoms with Crippen LogP contribution in [0.5, 0.6) is 0 Å². The predicted molar refractivity (Wildman–Crippen MR) is 44.8 cm³/mol. The van der Waals surface area contributed by atoms with Crippen molar-refractivity contribution in [3.05, 3.63) is 12.2 Å². The summed E-state index contributed by atoms with van der Waals surface area (Å²) in [4.78, 5) is 0. The molecule has 1 nitrogen and oxygen atoms in total. The fraction of sp³-hybridized carbons (Fsp3) is 0.625. The van der Waals surface area contributed by atoms with E-state index < -0.39 is 0 Å². The molecule has 54 valence electrons. The number of rotatable bonds is 2. The van der Waals surface area contributed by atoms with Crippen molar-refractivity contribution in [1.82, 2.24) is 0 Å². The third kappa shape index (κ3) is 1.19. The van der Waals surface area contributed by atoms with Gasteiger partial charge in [-0.3, -0.25) is 0 Å². The molecule has 0 unspecified atom stereocenters. The predicted octanol–water partition coefficient (Wildman–Crippen LogP) is 2.21. The zero-order valence-corrected chi connectivity index (χ0v) is 7.00. The summed E-state index contributed by atoms with van der Waals surface area (Å²) >= 11 is 1.75.